The highest BCUT2D eigenvalue weighted by molar-refractivity contribution is 5.96. The van der Waals surface area contributed by atoms with Gasteiger partial charge in [-0.15, -0.1) is 0 Å². The number of hydrogen-bond acceptors (Lipinski definition) is 4. The van der Waals surface area contributed by atoms with E-state index in [2.05, 4.69) is 10.6 Å². The number of esters is 1. The molecule has 0 aliphatic carbocycles. The molecule has 2 aromatic carbocycles. The van der Waals surface area contributed by atoms with Gasteiger partial charge in [0.1, 0.15) is 0 Å². The van der Waals surface area contributed by atoms with Crippen LogP contribution in [-0.4, -0.2) is 30.9 Å². The zero-order valence-corrected chi connectivity index (χ0v) is 16.0. The van der Waals surface area contributed by atoms with Crippen LogP contribution in [0.2, 0.25) is 0 Å². The molecule has 6 heteroatoms. The third-order valence-electron chi connectivity index (χ3n) is 4.12. The topological polar surface area (TPSA) is 84.5 Å². The van der Waals surface area contributed by atoms with E-state index in [1.54, 1.807) is 18.2 Å². The molecule has 0 aliphatic heterocycles. The Morgan fingerprint density at radius 1 is 0.926 bits per heavy atom. The second kappa shape index (κ2) is 8.98. The fourth-order valence-electron chi connectivity index (χ4n) is 2.62. The Morgan fingerprint density at radius 3 is 2.26 bits per heavy atom. The van der Waals surface area contributed by atoms with Crippen LogP contribution in [0.3, 0.4) is 0 Å². The molecule has 0 atom stereocenters. The van der Waals surface area contributed by atoms with E-state index in [1.807, 2.05) is 45.9 Å². The maximum Gasteiger partial charge on any atom is 0.338 e. The first-order valence-corrected chi connectivity index (χ1v) is 8.64. The molecule has 2 rings (SSSR count). The largest absolute Gasteiger partial charge is 0.452 e. The van der Waals surface area contributed by atoms with E-state index in [4.69, 9.17) is 4.74 Å². The molecule has 6 nitrogen and oxygen atoms in total. The summed E-state index contributed by atoms with van der Waals surface area (Å²) in [5, 5.41) is 5.19. The minimum Gasteiger partial charge on any atom is -0.452 e. The predicted molar refractivity (Wildman–Crippen MR) is 104 cm³/mol. The van der Waals surface area contributed by atoms with E-state index < -0.39 is 18.5 Å². The maximum atomic E-state index is 12.0. The van der Waals surface area contributed by atoms with Gasteiger partial charge in [-0.2, -0.15) is 0 Å². The highest BCUT2D eigenvalue weighted by Crippen LogP contribution is 2.17. The van der Waals surface area contributed by atoms with Gasteiger partial charge in [0, 0.05) is 5.69 Å². The second-order valence-corrected chi connectivity index (χ2v) is 6.52. The number of amides is 2. The van der Waals surface area contributed by atoms with Crippen molar-refractivity contribution in [3.8, 4) is 0 Å². The molecule has 0 heterocycles. The van der Waals surface area contributed by atoms with E-state index in [9.17, 15) is 14.4 Å². The Bertz CT molecular complexity index is 854. The number of hydrogen-bond donors (Lipinski definition) is 2. The van der Waals surface area contributed by atoms with Gasteiger partial charge < -0.3 is 15.4 Å². The van der Waals surface area contributed by atoms with Crippen molar-refractivity contribution in [2.24, 2.45) is 0 Å². The van der Waals surface area contributed by atoms with Gasteiger partial charge in [0.2, 0.25) is 5.91 Å². The fraction of sp³-hybridized carbons (Fsp3) is 0.286. The number of benzene rings is 2. The summed E-state index contributed by atoms with van der Waals surface area (Å²) in [6, 6.07) is 10.9. The SMILES string of the molecule is Cc1cc(C)cc(C(=O)OCC(=O)NCC(=O)Nc2cccc(C)c2C)c1. The number of rotatable bonds is 6. The lowest BCUT2D eigenvalue weighted by Crippen LogP contribution is -2.35. The molecule has 0 fully saturated rings. The normalized spacial score (nSPS) is 10.2. The van der Waals surface area contributed by atoms with Crippen molar-refractivity contribution in [2.75, 3.05) is 18.5 Å². The van der Waals surface area contributed by atoms with Crippen LogP contribution in [0.25, 0.3) is 0 Å². The Hall–Kier alpha value is -3.15. The lowest BCUT2D eigenvalue weighted by atomic mass is 10.1. The summed E-state index contributed by atoms with van der Waals surface area (Å²) in [4.78, 5) is 35.8. The van der Waals surface area contributed by atoms with Crippen molar-refractivity contribution >= 4 is 23.5 Å². The molecule has 27 heavy (non-hydrogen) atoms. The van der Waals surface area contributed by atoms with Crippen LogP contribution in [0, 0.1) is 27.7 Å². The number of ether oxygens (including phenoxy) is 1. The van der Waals surface area contributed by atoms with Crippen LogP contribution < -0.4 is 10.6 Å². The van der Waals surface area contributed by atoms with Crippen molar-refractivity contribution in [2.45, 2.75) is 27.7 Å². The van der Waals surface area contributed by atoms with Crippen molar-refractivity contribution in [1.82, 2.24) is 5.32 Å². The van der Waals surface area contributed by atoms with Crippen LogP contribution >= 0.6 is 0 Å². The monoisotopic (exact) mass is 368 g/mol. The third kappa shape index (κ3) is 5.95. The second-order valence-electron chi connectivity index (χ2n) is 6.52. The first kappa shape index (κ1) is 20.2. The van der Waals surface area contributed by atoms with Crippen molar-refractivity contribution in [1.29, 1.82) is 0 Å². The zero-order valence-electron chi connectivity index (χ0n) is 16.0. The first-order valence-electron chi connectivity index (χ1n) is 8.64. The zero-order chi connectivity index (χ0) is 20.0. The Balaban J connectivity index is 1.79. The number of nitrogens with one attached hydrogen (secondary N) is 2. The van der Waals surface area contributed by atoms with Gasteiger partial charge in [-0.3, -0.25) is 9.59 Å². The van der Waals surface area contributed by atoms with E-state index in [-0.39, 0.29) is 12.5 Å². The fourth-order valence-corrected chi connectivity index (χ4v) is 2.62. The molecule has 0 bridgehead atoms. The molecule has 142 valence electrons. The van der Waals surface area contributed by atoms with Crippen molar-refractivity contribution in [3.05, 3.63) is 64.2 Å². The highest BCUT2D eigenvalue weighted by atomic mass is 16.5. The molecule has 2 amide bonds. The molecule has 0 radical (unpaired) electrons. The average molecular weight is 368 g/mol. The number of aryl methyl sites for hydroxylation is 3. The Morgan fingerprint density at radius 2 is 1.59 bits per heavy atom. The summed E-state index contributed by atoms with van der Waals surface area (Å²) in [6.07, 6.45) is 0. The summed E-state index contributed by atoms with van der Waals surface area (Å²) >= 11 is 0. The Kier molecular flexibility index (Phi) is 6.71. The molecule has 0 aromatic heterocycles. The standard InChI is InChI=1S/C21H24N2O4/c1-13-8-14(2)10-17(9-13)21(26)27-12-20(25)22-11-19(24)23-18-7-5-6-15(3)16(18)4/h5-10H,11-12H2,1-4H3,(H,22,25)(H,23,24). The van der Waals surface area contributed by atoms with Gasteiger partial charge >= 0.3 is 5.97 Å². The summed E-state index contributed by atoms with van der Waals surface area (Å²) in [5.41, 5.74) is 5.02. The quantitative estimate of drug-likeness (QED) is 0.768. The predicted octanol–water partition coefficient (Wildman–Crippen LogP) is 2.83. The summed E-state index contributed by atoms with van der Waals surface area (Å²) in [6.45, 7) is 6.98. The number of carbonyl (C=O) groups is 3. The summed E-state index contributed by atoms with van der Waals surface area (Å²) in [5.74, 6) is -1.46. The van der Waals surface area contributed by atoms with Gasteiger partial charge in [-0.1, -0.05) is 29.3 Å². The molecule has 0 spiro atoms. The third-order valence-corrected chi connectivity index (χ3v) is 4.12. The van der Waals surface area contributed by atoms with Crippen molar-refractivity contribution in [3.63, 3.8) is 0 Å². The summed E-state index contributed by atoms with van der Waals surface area (Å²) < 4.78 is 5.00. The van der Waals surface area contributed by atoms with Crippen LogP contribution in [0.5, 0.6) is 0 Å². The first-order chi connectivity index (χ1) is 12.8. The Labute approximate surface area is 158 Å². The maximum absolute atomic E-state index is 12.0. The van der Waals surface area contributed by atoms with Gasteiger partial charge in [0.05, 0.1) is 12.1 Å². The van der Waals surface area contributed by atoms with Crippen LogP contribution in [0.15, 0.2) is 36.4 Å². The lowest BCUT2D eigenvalue weighted by molar-refractivity contribution is -0.126. The smallest absolute Gasteiger partial charge is 0.338 e. The molecule has 0 unspecified atom stereocenters. The highest BCUT2D eigenvalue weighted by Gasteiger charge is 2.12. The van der Waals surface area contributed by atoms with Gasteiger partial charge in [0.15, 0.2) is 6.61 Å². The van der Waals surface area contributed by atoms with Crippen molar-refractivity contribution < 1.29 is 19.1 Å². The van der Waals surface area contributed by atoms with Crippen LogP contribution in [-0.2, 0) is 14.3 Å². The molecule has 2 N–H and O–H groups in total. The van der Waals surface area contributed by atoms with Gasteiger partial charge in [-0.05, 0) is 57.0 Å². The minimum absolute atomic E-state index is 0.201. The average Bonchev–Trinajstić information content (AvgIpc) is 2.61. The van der Waals surface area contributed by atoms with Crippen LogP contribution in [0.1, 0.15) is 32.6 Å². The van der Waals surface area contributed by atoms with E-state index in [0.717, 1.165) is 22.3 Å². The summed E-state index contributed by atoms with van der Waals surface area (Å²) in [7, 11) is 0. The molecule has 0 saturated heterocycles. The molecule has 0 aliphatic rings. The number of anilines is 1. The van der Waals surface area contributed by atoms with Gasteiger partial charge in [-0.25, -0.2) is 4.79 Å². The van der Waals surface area contributed by atoms with Gasteiger partial charge in [0.25, 0.3) is 5.91 Å². The number of carbonyl (C=O) groups excluding carboxylic acids is 3. The molecular formula is C21H24N2O4. The lowest BCUT2D eigenvalue weighted by Gasteiger charge is -2.11. The molecule has 2 aromatic rings. The van der Waals surface area contributed by atoms with Crippen LogP contribution in [0.4, 0.5) is 5.69 Å². The minimum atomic E-state index is -0.572. The van der Waals surface area contributed by atoms with E-state index >= 15 is 0 Å². The van der Waals surface area contributed by atoms with E-state index in [1.165, 1.54) is 0 Å². The molecule has 0 saturated carbocycles. The van der Waals surface area contributed by atoms with E-state index in [0.29, 0.717) is 11.3 Å². The molecular weight excluding hydrogens is 344 g/mol.